The monoisotopic (exact) mass is 306 g/mol. The van der Waals surface area contributed by atoms with Crippen molar-refractivity contribution >= 4 is 23.2 Å². The molecule has 0 bridgehead atoms. The van der Waals surface area contributed by atoms with Crippen LogP contribution in [-0.4, -0.2) is 28.3 Å². The van der Waals surface area contributed by atoms with Crippen LogP contribution in [0.2, 0.25) is 0 Å². The smallest absolute Gasteiger partial charge is 0.249 e. The van der Waals surface area contributed by atoms with Crippen LogP contribution in [0.25, 0.3) is 0 Å². The molecule has 0 spiro atoms. The second-order valence-corrected chi connectivity index (χ2v) is 7.50. The van der Waals surface area contributed by atoms with E-state index in [4.69, 9.17) is 0 Å². The molecule has 21 heavy (non-hydrogen) atoms. The van der Waals surface area contributed by atoms with E-state index in [-0.39, 0.29) is 23.8 Å². The lowest BCUT2D eigenvalue weighted by atomic mass is 9.86. The van der Waals surface area contributed by atoms with Gasteiger partial charge in [0.15, 0.2) is 0 Å². The molecule has 1 aliphatic heterocycles. The van der Waals surface area contributed by atoms with Gasteiger partial charge in [-0.25, -0.2) is 0 Å². The second kappa shape index (κ2) is 5.13. The fraction of sp³-hybridized carbons (Fsp3) is 0.625. The van der Waals surface area contributed by atoms with E-state index in [2.05, 4.69) is 5.32 Å². The summed E-state index contributed by atoms with van der Waals surface area (Å²) in [4.78, 5) is 27.4. The zero-order chi connectivity index (χ0) is 15.2. The standard InChI is InChI=1S/C16H22N2O2S/c1-10(2)13-14(19)17-16(3,12-4-5-12)15(20)18(13)8-11-6-7-21-9-11/h6-7,9-10,12-13H,4-5,8H2,1-3H3,(H,17,19). The highest BCUT2D eigenvalue weighted by atomic mass is 32.1. The van der Waals surface area contributed by atoms with Gasteiger partial charge in [-0.1, -0.05) is 13.8 Å². The first kappa shape index (κ1) is 14.6. The van der Waals surface area contributed by atoms with Crippen molar-refractivity contribution in [1.29, 1.82) is 0 Å². The molecule has 0 aromatic carbocycles. The molecule has 1 aliphatic carbocycles. The van der Waals surface area contributed by atoms with Gasteiger partial charge in [0, 0.05) is 6.54 Å². The Morgan fingerprint density at radius 3 is 2.67 bits per heavy atom. The molecular weight excluding hydrogens is 284 g/mol. The van der Waals surface area contributed by atoms with Crippen molar-refractivity contribution in [2.75, 3.05) is 0 Å². The topological polar surface area (TPSA) is 49.4 Å². The number of nitrogens with one attached hydrogen (secondary N) is 1. The minimum absolute atomic E-state index is 0.00534. The Morgan fingerprint density at radius 1 is 1.43 bits per heavy atom. The Hall–Kier alpha value is -1.36. The number of rotatable bonds is 4. The predicted molar refractivity (Wildman–Crippen MR) is 82.8 cm³/mol. The lowest BCUT2D eigenvalue weighted by Gasteiger charge is -2.46. The Balaban J connectivity index is 1.92. The van der Waals surface area contributed by atoms with Gasteiger partial charge in [-0.2, -0.15) is 11.3 Å². The van der Waals surface area contributed by atoms with Crippen molar-refractivity contribution < 1.29 is 9.59 Å². The van der Waals surface area contributed by atoms with E-state index in [1.807, 2.05) is 37.6 Å². The number of thiophene rings is 1. The second-order valence-electron chi connectivity index (χ2n) is 6.72. The normalized spacial score (nSPS) is 29.9. The van der Waals surface area contributed by atoms with E-state index in [0.29, 0.717) is 12.5 Å². The third-order valence-corrected chi connectivity index (χ3v) is 5.38. The lowest BCUT2D eigenvalue weighted by molar-refractivity contribution is -0.158. The molecule has 1 N–H and O–H groups in total. The number of piperazine rings is 1. The van der Waals surface area contributed by atoms with Crippen molar-refractivity contribution in [2.24, 2.45) is 11.8 Å². The third-order valence-electron chi connectivity index (χ3n) is 4.65. The quantitative estimate of drug-likeness (QED) is 0.928. The molecule has 2 heterocycles. The van der Waals surface area contributed by atoms with Crippen LogP contribution in [0.5, 0.6) is 0 Å². The molecular formula is C16H22N2O2S. The van der Waals surface area contributed by atoms with Crippen LogP contribution in [0.15, 0.2) is 16.8 Å². The van der Waals surface area contributed by atoms with Crippen molar-refractivity contribution in [3.8, 4) is 0 Å². The molecule has 4 nitrogen and oxygen atoms in total. The van der Waals surface area contributed by atoms with Crippen molar-refractivity contribution in [3.63, 3.8) is 0 Å². The van der Waals surface area contributed by atoms with E-state index < -0.39 is 5.54 Å². The van der Waals surface area contributed by atoms with Crippen LogP contribution in [0, 0.1) is 11.8 Å². The fourth-order valence-corrected chi connectivity index (χ4v) is 3.96. The molecule has 2 fully saturated rings. The molecule has 1 aromatic rings. The van der Waals surface area contributed by atoms with Crippen LogP contribution in [-0.2, 0) is 16.1 Å². The number of hydrogen-bond acceptors (Lipinski definition) is 3. The van der Waals surface area contributed by atoms with Gasteiger partial charge >= 0.3 is 0 Å². The highest BCUT2D eigenvalue weighted by molar-refractivity contribution is 7.07. The molecule has 1 aromatic heterocycles. The van der Waals surface area contributed by atoms with Crippen LogP contribution in [0.3, 0.4) is 0 Å². The summed E-state index contributed by atoms with van der Waals surface area (Å²) in [5, 5.41) is 7.07. The summed E-state index contributed by atoms with van der Waals surface area (Å²) in [6.45, 7) is 6.42. The number of carbonyl (C=O) groups excluding carboxylic acids is 2. The van der Waals surface area contributed by atoms with E-state index in [1.165, 1.54) is 0 Å². The minimum Gasteiger partial charge on any atom is -0.340 e. The van der Waals surface area contributed by atoms with Crippen LogP contribution in [0.4, 0.5) is 0 Å². The minimum atomic E-state index is -0.710. The van der Waals surface area contributed by atoms with Crippen LogP contribution >= 0.6 is 11.3 Å². The zero-order valence-corrected chi connectivity index (χ0v) is 13.6. The van der Waals surface area contributed by atoms with E-state index in [9.17, 15) is 9.59 Å². The van der Waals surface area contributed by atoms with Crippen molar-refractivity contribution in [2.45, 2.75) is 51.7 Å². The van der Waals surface area contributed by atoms with Gasteiger partial charge < -0.3 is 10.2 Å². The number of nitrogens with zero attached hydrogens (tertiary/aromatic N) is 1. The van der Waals surface area contributed by atoms with Crippen molar-refractivity contribution in [3.05, 3.63) is 22.4 Å². The van der Waals surface area contributed by atoms with Crippen molar-refractivity contribution in [1.82, 2.24) is 10.2 Å². The van der Waals surface area contributed by atoms with Gasteiger partial charge in [-0.3, -0.25) is 9.59 Å². The molecule has 2 unspecified atom stereocenters. The molecule has 5 heteroatoms. The van der Waals surface area contributed by atoms with Gasteiger partial charge in [0.1, 0.15) is 11.6 Å². The Bertz CT molecular complexity index is 551. The van der Waals surface area contributed by atoms with Gasteiger partial charge in [0.2, 0.25) is 11.8 Å². The first-order valence-corrected chi connectivity index (χ1v) is 8.52. The zero-order valence-electron chi connectivity index (χ0n) is 12.8. The van der Waals surface area contributed by atoms with Gasteiger partial charge in [0.05, 0.1) is 0 Å². The van der Waals surface area contributed by atoms with Gasteiger partial charge in [-0.05, 0) is 54.0 Å². The third kappa shape index (κ3) is 2.48. The Labute approximate surface area is 129 Å². The molecule has 2 aliphatic rings. The maximum atomic E-state index is 13.0. The van der Waals surface area contributed by atoms with Gasteiger partial charge in [0.25, 0.3) is 0 Å². The molecule has 1 saturated heterocycles. The highest BCUT2D eigenvalue weighted by Gasteiger charge is 2.55. The first-order valence-electron chi connectivity index (χ1n) is 7.57. The Kier molecular flexibility index (Phi) is 3.56. The number of amides is 2. The number of hydrogen-bond donors (Lipinski definition) is 1. The molecule has 3 rings (SSSR count). The SMILES string of the molecule is CC(C)C1C(=O)NC(C)(C2CC2)C(=O)N1Cc1ccsc1. The first-order chi connectivity index (χ1) is 9.93. The summed E-state index contributed by atoms with van der Waals surface area (Å²) in [7, 11) is 0. The number of carbonyl (C=O) groups is 2. The summed E-state index contributed by atoms with van der Waals surface area (Å²) in [6.07, 6.45) is 2.06. The highest BCUT2D eigenvalue weighted by Crippen LogP contribution is 2.43. The van der Waals surface area contributed by atoms with Gasteiger partial charge in [-0.15, -0.1) is 0 Å². The van der Waals surface area contributed by atoms with Crippen LogP contribution < -0.4 is 5.32 Å². The molecule has 114 valence electrons. The fourth-order valence-electron chi connectivity index (χ4n) is 3.30. The van der Waals surface area contributed by atoms with E-state index in [1.54, 1.807) is 16.2 Å². The largest absolute Gasteiger partial charge is 0.340 e. The molecule has 2 amide bonds. The van der Waals surface area contributed by atoms with E-state index >= 15 is 0 Å². The summed E-state index contributed by atoms with van der Waals surface area (Å²) < 4.78 is 0. The molecule has 0 radical (unpaired) electrons. The lowest BCUT2D eigenvalue weighted by Crippen LogP contribution is -2.70. The summed E-state index contributed by atoms with van der Waals surface area (Å²) >= 11 is 1.62. The average Bonchev–Trinajstić information content (AvgIpc) is 3.15. The van der Waals surface area contributed by atoms with Crippen LogP contribution in [0.1, 0.15) is 39.2 Å². The summed E-state index contributed by atoms with van der Waals surface area (Å²) in [6, 6.07) is 1.65. The molecule has 1 saturated carbocycles. The maximum Gasteiger partial charge on any atom is 0.249 e. The predicted octanol–water partition coefficient (Wildman–Crippen LogP) is 2.40. The molecule has 2 atom stereocenters. The summed E-state index contributed by atoms with van der Waals surface area (Å²) in [5.74, 6) is 0.479. The average molecular weight is 306 g/mol. The van der Waals surface area contributed by atoms with E-state index in [0.717, 1.165) is 18.4 Å². The Morgan fingerprint density at radius 2 is 2.14 bits per heavy atom. The summed E-state index contributed by atoms with van der Waals surface area (Å²) in [5.41, 5.74) is 0.394. The maximum absolute atomic E-state index is 13.0.